The van der Waals surface area contributed by atoms with Gasteiger partial charge < -0.3 is 4.74 Å². The van der Waals surface area contributed by atoms with Crippen molar-refractivity contribution in [2.24, 2.45) is 0 Å². The molecule has 0 bridgehead atoms. The van der Waals surface area contributed by atoms with Gasteiger partial charge in [0.05, 0.1) is 16.3 Å². The number of aryl methyl sites for hydroxylation is 1. The Bertz CT molecular complexity index is 1700. The van der Waals surface area contributed by atoms with Crippen LogP contribution in [0.3, 0.4) is 0 Å². The van der Waals surface area contributed by atoms with E-state index in [1.54, 1.807) is 18.2 Å². The lowest BCUT2D eigenvalue weighted by Crippen LogP contribution is -2.54. The molecule has 0 atom stereocenters. The molecule has 0 unspecified atom stereocenters. The number of hydrogen-bond acceptors (Lipinski definition) is 4. The lowest BCUT2D eigenvalue weighted by Gasteiger charge is -2.27. The van der Waals surface area contributed by atoms with Gasteiger partial charge in [0, 0.05) is 5.56 Å². The van der Waals surface area contributed by atoms with E-state index in [0.717, 1.165) is 28.6 Å². The Morgan fingerprint density at radius 2 is 1.68 bits per heavy atom. The summed E-state index contributed by atoms with van der Waals surface area (Å²) in [5, 5.41) is 3.18. The summed E-state index contributed by atoms with van der Waals surface area (Å²) < 4.78 is 46.2. The minimum atomic E-state index is -4.75. The molecule has 0 aliphatic carbocycles. The third-order valence-corrected chi connectivity index (χ3v) is 6.67. The number of nitrogens with one attached hydrogen (secondary N) is 1. The average Bonchev–Trinajstić information content (AvgIpc) is 2.91. The fourth-order valence-corrected chi connectivity index (χ4v) is 4.48. The summed E-state index contributed by atoms with van der Waals surface area (Å²) in [5.41, 5.74) is 0.251. The van der Waals surface area contributed by atoms with Gasteiger partial charge in [-0.15, -0.1) is 0 Å². The molecule has 5 rings (SSSR count). The topological polar surface area (TPSA) is 75.7 Å². The number of amides is 4. The Morgan fingerprint density at radius 3 is 2.40 bits per heavy atom. The predicted octanol–water partition coefficient (Wildman–Crippen LogP) is 7.07. The molecule has 10 heteroatoms. The molecule has 4 aromatic carbocycles. The van der Waals surface area contributed by atoms with Crippen molar-refractivity contribution in [3.05, 3.63) is 112 Å². The lowest BCUT2D eigenvalue weighted by atomic mass is 9.99. The van der Waals surface area contributed by atoms with Crippen molar-refractivity contribution in [2.45, 2.75) is 19.7 Å². The number of rotatable bonds is 5. The molecular formula is C30H20ClF3N2O4. The normalized spacial score (nSPS) is 15.1. The molecule has 1 N–H and O–H groups in total. The maximum atomic E-state index is 13.5. The highest BCUT2D eigenvalue weighted by Gasteiger charge is 2.39. The average molecular weight is 565 g/mol. The summed E-state index contributed by atoms with van der Waals surface area (Å²) >= 11 is 6.10. The summed E-state index contributed by atoms with van der Waals surface area (Å²) in [6, 6.07) is 19.5. The molecule has 4 aromatic rings. The molecule has 4 amide bonds. The molecule has 6 nitrogen and oxygen atoms in total. The zero-order valence-electron chi connectivity index (χ0n) is 20.9. The van der Waals surface area contributed by atoms with Crippen LogP contribution in [-0.4, -0.2) is 17.8 Å². The van der Waals surface area contributed by atoms with Crippen LogP contribution in [0.4, 0.5) is 23.7 Å². The fourth-order valence-electron chi connectivity index (χ4n) is 4.28. The van der Waals surface area contributed by atoms with Gasteiger partial charge in [-0.25, -0.2) is 9.69 Å². The molecule has 1 heterocycles. The molecule has 0 saturated carbocycles. The van der Waals surface area contributed by atoms with E-state index in [4.69, 9.17) is 16.3 Å². The molecule has 0 spiro atoms. The summed E-state index contributed by atoms with van der Waals surface area (Å²) in [6.45, 7) is 2.16. The van der Waals surface area contributed by atoms with Crippen molar-refractivity contribution in [3.63, 3.8) is 0 Å². The third kappa shape index (κ3) is 5.28. The number of carbonyl (C=O) groups excluding carboxylic acids is 3. The first-order valence-corrected chi connectivity index (χ1v) is 12.4. The predicted molar refractivity (Wildman–Crippen MR) is 145 cm³/mol. The number of urea groups is 1. The van der Waals surface area contributed by atoms with E-state index in [0.29, 0.717) is 27.7 Å². The number of anilines is 1. The quantitative estimate of drug-likeness (QED) is 0.208. The van der Waals surface area contributed by atoms with Crippen molar-refractivity contribution < 1.29 is 32.3 Å². The van der Waals surface area contributed by atoms with E-state index < -0.39 is 40.8 Å². The molecule has 1 aliphatic heterocycles. The van der Waals surface area contributed by atoms with Gasteiger partial charge in [0.2, 0.25) is 0 Å². The number of halogens is 4. The summed E-state index contributed by atoms with van der Waals surface area (Å²) in [5.74, 6) is -1.79. The third-order valence-electron chi connectivity index (χ3n) is 6.35. The number of imide groups is 2. The minimum Gasteiger partial charge on any atom is -0.488 e. The van der Waals surface area contributed by atoms with Gasteiger partial charge in [-0.05, 0) is 53.6 Å². The van der Waals surface area contributed by atoms with Gasteiger partial charge in [-0.1, -0.05) is 71.8 Å². The number of fused-ring (bicyclic) bond motifs is 1. The second kappa shape index (κ2) is 10.5. The first kappa shape index (κ1) is 27.0. The van der Waals surface area contributed by atoms with Crippen LogP contribution in [0.2, 0.25) is 5.02 Å². The zero-order valence-corrected chi connectivity index (χ0v) is 21.6. The van der Waals surface area contributed by atoms with Crippen molar-refractivity contribution >= 4 is 52.0 Å². The first-order chi connectivity index (χ1) is 19.0. The van der Waals surface area contributed by atoms with Crippen molar-refractivity contribution in [2.75, 3.05) is 4.90 Å². The molecule has 0 radical (unpaired) electrons. The first-order valence-electron chi connectivity index (χ1n) is 12.0. The Hall–Kier alpha value is -4.63. The molecule has 1 saturated heterocycles. The van der Waals surface area contributed by atoms with Gasteiger partial charge in [0.15, 0.2) is 0 Å². The number of benzene rings is 4. The summed E-state index contributed by atoms with van der Waals surface area (Å²) in [6.07, 6.45) is -3.48. The fraction of sp³-hybridized carbons (Fsp3) is 0.100. The van der Waals surface area contributed by atoms with Crippen molar-refractivity contribution in [1.29, 1.82) is 0 Å². The second-order valence-electron chi connectivity index (χ2n) is 9.09. The Kier molecular flexibility index (Phi) is 7.08. The van der Waals surface area contributed by atoms with E-state index in [-0.39, 0.29) is 11.6 Å². The van der Waals surface area contributed by atoms with E-state index >= 15 is 0 Å². The minimum absolute atomic E-state index is 0.194. The highest BCUT2D eigenvalue weighted by Crippen LogP contribution is 2.37. The van der Waals surface area contributed by atoms with E-state index in [9.17, 15) is 27.6 Å². The highest BCUT2D eigenvalue weighted by molar-refractivity contribution is 6.42. The van der Waals surface area contributed by atoms with Gasteiger partial charge >= 0.3 is 12.2 Å². The van der Waals surface area contributed by atoms with Gasteiger partial charge in [0.1, 0.15) is 17.9 Å². The van der Waals surface area contributed by atoms with E-state index in [2.05, 4.69) is 0 Å². The lowest BCUT2D eigenvalue weighted by molar-refractivity contribution is -0.137. The smallest absolute Gasteiger partial charge is 0.416 e. The Balaban J connectivity index is 1.59. The maximum absolute atomic E-state index is 13.5. The highest BCUT2D eigenvalue weighted by atomic mass is 35.5. The molecule has 40 heavy (non-hydrogen) atoms. The largest absolute Gasteiger partial charge is 0.488 e. The number of alkyl halides is 3. The van der Waals surface area contributed by atoms with E-state index in [1.165, 1.54) is 6.08 Å². The van der Waals surface area contributed by atoms with Crippen molar-refractivity contribution in [1.82, 2.24) is 5.32 Å². The molecular weight excluding hydrogens is 545 g/mol. The van der Waals surface area contributed by atoms with Crippen LogP contribution in [-0.2, 0) is 22.4 Å². The molecule has 1 aliphatic rings. The van der Waals surface area contributed by atoms with Crippen LogP contribution < -0.4 is 15.0 Å². The second-order valence-corrected chi connectivity index (χ2v) is 9.50. The number of barbiturate groups is 1. The van der Waals surface area contributed by atoms with Crippen LogP contribution >= 0.6 is 11.6 Å². The SMILES string of the molecule is Cc1ccc(COc2ccc3ccccc3c2/C=C2\C(=O)NC(=O)N(c3cc(C(F)(F)F)ccc3Cl)C2=O)cc1. The van der Waals surface area contributed by atoms with Gasteiger partial charge in [0.25, 0.3) is 11.8 Å². The van der Waals surface area contributed by atoms with Crippen LogP contribution in [0.25, 0.3) is 16.8 Å². The van der Waals surface area contributed by atoms with Gasteiger partial charge in [-0.3, -0.25) is 14.9 Å². The van der Waals surface area contributed by atoms with Gasteiger partial charge in [-0.2, -0.15) is 13.2 Å². The number of nitrogens with zero attached hydrogens (tertiary/aromatic N) is 1. The zero-order chi connectivity index (χ0) is 28.6. The molecule has 1 fully saturated rings. The van der Waals surface area contributed by atoms with E-state index in [1.807, 2.05) is 54.7 Å². The van der Waals surface area contributed by atoms with Crippen LogP contribution in [0, 0.1) is 6.92 Å². The Labute approximate surface area is 231 Å². The van der Waals surface area contributed by atoms with Crippen LogP contribution in [0.15, 0.2) is 84.4 Å². The number of carbonyl (C=O) groups is 3. The Morgan fingerprint density at radius 1 is 0.950 bits per heavy atom. The monoisotopic (exact) mass is 564 g/mol. The maximum Gasteiger partial charge on any atom is 0.416 e. The summed E-state index contributed by atoms with van der Waals surface area (Å²) in [4.78, 5) is 39.5. The van der Waals surface area contributed by atoms with Crippen molar-refractivity contribution in [3.8, 4) is 5.75 Å². The van der Waals surface area contributed by atoms with Crippen LogP contribution in [0.5, 0.6) is 5.75 Å². The molecule has 202 valence electrons. The van der Waals surface area contributed by atoms with Crippen LogP contribution in [0.1, 0.15) is 22.3 Å². The number of ether oxygens (including phenoxy) is 1. The number of hydrogen-bond donors (Lipinski definition) is 1. The standard InChI is InChI=1S/C30H20ClF3N2O4/c1-17-6-8-18(9-7-17)16-40-26-13-10-19-4-2-3-5-21(19)22(26)15-23-27(37)35-29(39)36(28(23)38)25-14-20(30(32,33)34)11-12-24(25)31/h2-15H,16H2,1H3,(H,35,37,39)/b23-15+. The molecule has 0 aromatic heterocycles. The summed E-state index contributed by atoms with van der Waals surface area (Å²) in [7, 11) is 0.